The van der Waals surface area contributed by atoms with Crippen LogP contribution < -0.4 is 42.5 Å². The van der Waals surface area contributed by atoms with E-state index in [-0.39, 0.29) is 96.9 Å². The van der Waals surface area contributed by atoms with Gasteiger partial charge in [-0.2, -0.15) is 0 Å². The van der Waals surface area contributed by atoms with E-state index in [2.05, 4.69) is 92.6 Å². The second-order valence-corrected chi connectivity index (χ2v) is 50.3. The average molecular weight is 2200 g/mol. The first-order valence-electron chi connectivity index (χ1n) is 51.3. The summed E-state index contributed by atoms with van der Waals surface area (Å²) in [6.07, 6.45) is 19.2. The predicted molar refractivity (Wildman–Crippen MR) is 606 cm³/mol. The van der Waals surface area contributed by atoms with Crippen LogP contribution >= 0.6 is 90.7 Å². The molecular weight excluding hydrogens is 2070 g/mol. The molecule has 38 heteroatoms. The predicted octanol–water partition coefficient (Wildman–Crippen LogP) is 20.1. The Labute approximate surface area is 901 Å². The smallest absolute Gasteiger partial charge is 0.326 e. The van der Waals surface area contributed by atoms with Gasteiger partial charge in [0.05, 0.1) is 57.5 Å². The van der Waals surface area contributed by atoms with E-state index in [1.807, 2.05) is 118 Å². The number of piperidine rings is 4. The molecule has 13 aromatic rings. The van der Waals surface area contributed by atoms with E-state index >= 15 is 0 Å². The molecular formula is C112H122N12O17S9. The number of hydrogen-bond acceptors (Lipinski definition) is 28. The molecule has 4 aromatic carbocycles. The number of aromatic nitrogens is 1. The Hall–Kier alpha value is -11.9. The molecule has 0 aliphatic carbocycles. The van der Waals surface area contributed by atoms with Crippen molar-refractivity contribution in [3.05, 3.63) is 213 Å². The van der Waals surface area contributed by atoms with Crippen molar-refractivity contribution in [2.75, 3.05) is 52.4 Å². The second kappa shape index (κ2) is 51.0. The van der Waals surface area contributed by atoms with E-state index in [0.717, 1.165) is 178 Å². The Balaban J connectivity index is 0.000000136. The van der Waals surface area contributed by atoms with Crippen molar-refractivity contribution >= 4 is 265 Å². The number of aliphatic carboxylic acids is 4. The molecule has 7 aliphatic heterocycles. The Morgan fingerprint density at radius 3 is 0.993 bits per heavy atom. The van der Waals surface area contributed by atoms with Gasteiger partial charge in [-0.25, -0.2) is 38.4 Å². The molecule has 20 rings (SSSR count). The van der Waals surface area contributed by atoms with Crippen LogP contribution in [0.5, 0.6) is 0 Å². The minimum atomic E-state index is -1.75. The van der Waals surface area contributed by atoms with Crippen molar-refractivity contribution in [2.24, 2.45) is 38.6 Å². The zero-order valence-electron chi connectivity index (χ0n) is 83.6. The molecule has 4 amide bonds. The first kappa shape index (κ1) is 109. The van der Waals surface area contributed by atoms with Gasteiger partial charge in [0.25, 0.3) is 23.6 Å². The van der Waals surface area contributed by atoms with E-state index in [1.54, 1.807) is 69.6 Å². The van der Waals surface area contributed by atoms with Crippen LogP contribution in [0.2, 0.25) is 0 Å². The van der Waals surface area contributed by atoms with E-state index in [1.165, 1.54) is 142 Å². The number of hydrogen-bond donors (Lipinski definition) is 13. The molecule has 0 radical (unpaired) electrons. The summed E-state index contributed by atoms with van der Waals surface area (Å²) >= 11 is 12.9. The van der Waals surface area contributed by atoms with E-state index in [9.17, 15) is 82.2 Å². The molecule has 7 aliphatic rings. The molecule has 6 unspecified atom stereocenters. The Morgan fingerprint density at radius 1 is 0.380 bits per heavy atom. The maximum Gasteiger partial charge on any atom is 0.326 e. The molecule has 0 spiro atoms. The van der Waals surface area contributed by atoms with E-state index < -0.39 is 81.7 Å². The van der Waals surface area contributed by atoms with Gasteiger partial charge in [0, 0.05) is 105 Å². The summed E-state index contributed by atoms with van der Waals surface area (Å²) in [5.41, 5.74) is 6.77. The number of fused-ring (bicyclic) bond motifs is 8. The maximum atomic E-state index is 13.0. The summed E-state index contributed by atoms with van der Waals surface area (Å²) in [6, 6.07) is 41.0. The number of carboxylic acids is 4. The van der Waals surface area contributed by atoms with Crippen LogP contribution in [0.15, 0.2) is 161 Å². The number of aryl methyl sites for hydroxylation is 5. The van der Waals surface area contributed by atoms with Crippen molar-refractivity contribution in [3.8, 4) is 0 Å². The van der Waals surface area contributed by atoms with Crippen LogP contribution in [0.4, 0.5) is 17.1 Å². The number of carbonyl (C=O) groups is 12. The first-order chi connectivity index (χ1) is 72.5. The molecule has 16 heterocycles. The summed E-state index contributed by atoms with van der Waals surface area (Å²) in [5.74, 6) is -1.15. The van der Waals surface area contributed by atoms with Crippen LogP contribution in [-0.4, -0.2) is 205 Å². The number of carboxylic acid groups (broad SMARTS) is 4. The number of thiophene rings is 8. The highest BCUT2D eigenvalue weighted by Crippen LogP contribution is 2.43. The summed E-state index contributed by atoms with van der Waals surface area (Å²) < 4.78 is 16.8. The maximum absolute atomic E-state index is 13.0. The number of H-pyrrole nitrogens is 1. The molecule has 150 heavy (non-hydrogen) atoms. The Kier molecular flexibility index (Phi) is 37.2. The van der Waals surface area contributed by atoms with Crippen molar-refractivity contribution in [1.29, 1.82) is 0 Å². The quantitative estimate of drug-likeness (QED) is 0.0125. The lowest BCUT2D eigenvalue weighted by Crippen LogP contribution is -2.45. The number of nitrogens with zero attached hydrogens (tertiary/aromatic N) is 3. The topological polar surface area (TPSA) is 452 Å². The highest BCUT2D eigenvalue weighted by atomic mass is 32.2. The fourth-order valence-corrected chi connectivity index (χ4v) is 31.0. The molecule has 13 N–H and O–H groups in total. The molecule has 4 saturated heterocycles. The molecule has 6 atom stereocenters. The van der Waals surface area contributed by atoms with Crippen LogP contribution in [0.3, 0.4) is 0 Å². The van der Waals surface area contributed by atoms with Crippen LogP contribution in [0, 0.1) is 30.6 Å². The van der Waals surface area contributed by atoms with Crippen molar-refractivity contribution in [3.63, 3.8) is 0 Å². The van der Waals surface area contributed by atoms with Gasteiger partial charge in [-0.1, -0.05) is 86.6 Å². The molecule has 9 aromatic heterocycles. The SMILES string of the molecule is C=S(=O)=C1C(C(=O)NC(CCC(=O)c2cc3cc(CCC4CCNCC4)sc3s2)C(=O)O)=Nc2ccccc21.CC1C(C(=O)NC(CCC(=O)c2cc3cc(CCC4CCNCC4)sc3s2)C(=O)O)=Nc2ccccc21.CC1C(C(=O)NC(CCC(=O)c2cc3cc(CCC4CCNCC4)sc3s2)C(=O)O)=Nc2ccccc21.Cc1c(C(=O)NC(CCC(=O)c2cc3cc(CCC4CCNCC4)sc3s2)C(=O)O)[nH]c2ccccc12. The van der Waals surface area contributed by atoms with Gasteiger partial charge >= 0.3 is 23.9 Å². The standard InChI is InChI=1S/C28H29N3O5S3.3C28H31N3O4S2/c1-39(36)25-19-4-2-3-5-20(19)30-24(25)26(33)31-21(27(34)35)8-9-22(32)23-15-17-14-18(37-28(17)38-23)7-6-16-10-12-29-13-11-16;3*1-16-20-4-2-3-5-21(20)30-25(16)26(33)31-22(27(34)35)8-9-23(32)24-15-18-14-19(36-28(18)37-24)7-6-17-10-12-29-13-11-17/h2-5,14-16,21,29H,1,6-13H2,(H,31,33)(H,34,35);2-5,14-15,17,22,29-30H,6-13H2,1H3,(H,31,33)(H,34,35);2*2-5,14-17,22,29H,6-13H2,1H3,(H,31,33)(H,34,35). The number of nitrogens with one attached hydrogen (secondary N) is 9. The largest absolute Gasteiger partial charge is 0.480 e. The summed E-state index contributed by atoms with van der Waals surface area (Å²) in [4.78, 5) is 175. The summed E-state index contributed by atoms with van der Waals surface area (Å²) in [6.45, 7) is 14.5. The highest BCUT2D eigenvalue weighted by molar-refractivity contribution is 7.85. The Bertz CT molecular complexity index is 7160. The molecule has 0 saturated carbocycles. The fourth-order valence-electron chi connectivity index (χ4n) is 20.3. The van der Waals surface area contributed by atoms with Gasteiger partial charge in [-0.3, -0.25) is 38.4 Å². The van der Waals surface area contributed by atoms with Gasteiger partial charge in [-0.15, -0.1) is 90.7 Å². The number of aliphatic imine (C=N–C) groups is 3. The third-order valence-corrected chi connectivity index (χ3v) is 39.9. The monoisotopic (exact) mass is 2190 g/mol. The highest BCUT2D eigenvalue weighted by Gasteiger charge is 2.37. The zero-order valence-corrected chi connectivity index (χ0v) is 90.9. The van der Waals surface area contributed by atoms with Crippen molar-refractivity contribution in [1.82, 2.24) is 47.5 Å². The summed E-state index contributed by atoms with van der Waals surface area (Å²) in [5, 5.41) is 67.8. The van der Waals surface area contributed by atoms with Crippen molar-refractivity contribution in [2.45, 2.75) is 211 Å². The fraction of sp³-hybridized carbons (Fsp3) is 0.402. The number of amides is 4. The van der Waals surface area contributed by atoms with E-state index in [4.69, 9.17) is 0 Å². The number of carbonyl (C=O) groups excluding carboxylic acids is 8. The number of rotatable bonds is 40. The Morgan fingerprint density at radius 2 is 0.680 bits per heavy atom. The first-order valence-corrected chi connectivity index (χ1v) is 59.2. The molecule has 4 fully saturated rings. The lowest BCUT2D eigenvalue weighted by Gasteiger charge is -2.22. The summed E-state index contributed by atoms with van der Waals surface area (Å²) in [7, 11) is -1.75. The van der Waals surface area contributed by atoms with Crippen molar-refractivity contribution < 1.29 is 82.2 Å². The zero-order chi connectivity index (χ0) is 105. The normalized spacial score (nSPS) is 17.0. The third-order valence-electron chi connectivity index (χ3n) is 29.1. The number of para-hydroxylation sites is 4. The van der Waals surface area contributed by atoms with Crippen LogP contribution in [-0.2, 0) is 69.2 Å². The molecule has 0 bridgehead atoms. The van der Waals surface area contributed by atoms with Crippen LogP contribution in [0.1, 0.15) is 245 Å². The molecule has 29 nitrogen and oxygen atoms in total. The lowest BCUT2D eigenvalue weighted by atomic mass is 9.93. The van der Waals surface area contributed by atoms with Gasteiger partial charge in [-0.05, 0) is 307 Å². The number of ketones is 4. The van der Waals surface area contributed by atoms with Gasteiger partial charge in [0.1, 0.15) is 47.0 Å². The van der Waals surface area contributed by atoms with Gasteiger partial charge in [0.2, 0.25) is 0 Å². The number of aromatic amines is 1. The van der Waals surface area contributed by atoms with E-state index in [0.29, 0.717) is 47.9 Å². The minimum absolute atomic E-state index is 0.0293. The van der Waals surface area contributed by atoms with Gasteiger partial charge < -0.3 is 67.9 Å². The second-order valence-electron chi connectivity index (χ2n) is 39.4. The lowest BCUT2D eigenvalue weighted by molar-refractivity contribution is -0.141. The minimum Gasteiger partial charge on any atom is -0.480 e. The van der Waals surface area contributed by atoms with Gasteiger partial charge in [0.15, 0.2) is 23.1 Å². The third kappa shape index (κ3) is 27.6. The number of benzene rings is 4. The van der Waals surface area contributed by atoms with Crippen LogP contribution in [0.25, 0.3) is 48.5 Å². The molecule has 786 valence electrons. The number of Topliss-reactive ketones (excluding diaryl/α,β-unsaturated/α-hetero) is 4. The average Bonchev–Trinajstić information content (AvgIpc) is 1.63.